The van der Waals surface area contributed by atoms with Crippen molar-refractivity contribution in [3.05, 3.63) is 29.3 Å². The fourth-order valence-electron chi connectivity index (χ4n) is 2.36. The zero-order valence-corrected chi connectivity index (χ0v) is 12.9. The Morgan fingerprint density at radius 3 is 2.75 bits per heavy atom. The van der Waals surface area contributed by atoms with Crippen molar-refractivity contribution < 1.29 is 9.47 Å². The van der Waals surface area contributed by atoms with Crippen LogP contribution in [0.2, 0.25) is 5.02 Å². The second kappa shape index (κ2) is 8.50. The molecule has 0 amide bonds. The van der Waals surface area contributed by atoms with Crippen LogP contribution in [-0.2, 0) is 4.74 Å². The van der Waals surface area contributed by atoms with Crippen LogP contribution in [0.25, 0.3) is 0 Å². The summed E-state index contributed by atoms with van der Waals surface area (Å²) in [6.07, 6.45) is 2.63. The van der Waals surface area contributed by atoms with Crippen molar-refractivity contribution in [2.24, 2.45) is 5.92 Å². The summed E-state index contributed by atoms with van der Waals surface area (Å²) in [6.45, 7) is 7.76. The molecule has 0 aromatic heterocycles. The van der Waals surface area contributed by atoms with Crippen LogP contribution in [0.3, 0.4) is 0 Å². The van der Waals surface area contributed by atoms with E-state index in [4.69, 9.17) is 21.1 Å². The van der Waals surface area contributed by atoms with Gasteiger partial charge in [-0.15, -0.1) is 0 Å². The number of nitrogens with zero attached hydrogens (tertiary/aromatic N) is 1. The van der Waals surface area contributed by atoms with Gasteiger partial charge in [-0.3, -0.25) is 0 Å². The molecule has 20 heavy (non-hydrogen) atoms. The lowest BCUT2D eigenvalue weighted by atomic mass is 9.99. The molecule has 112 valence electrons. The SMILES string of the molecule is CC1CCN(CCOCCOc2cccc(Cl)c2)CC1. The average molecular weight is 298 g/mol. The highest BCUT2D eigenvalue weighted by molar-refractivity contribution is 6.30. The summed E-state index contributed by atoms with van der Waals surface area (Å²) >= 11 is 5.89. The molecule has 1 aromatic rings. The normalized spacial score (nSPS) is 17.3. The third-order valence-electron chi connectivity index (χ3n) is 3.72. The van der Waals surface area contributed by atoms with Gasteiger partial charge in [0, 0.05) is 11.6 Å². The number of halogens is 1. The minimum absolute atomic E-state index is 0.567. The summed E-state index contributed by atoms with van der Waals surface area (Å²) < 4.78 is 11.2. The van der Waals surface area contributed by atoms with E-state index in [0.29, 0.717) is 18.2 Å². The predicted molar refractivity (Wildman–Crippen MR) is 82.6 cm³/mol. The monoisotopic (exact) mass is 297 g/mol. The number of rotatable bonds is 7. The van der Waals surface area contributed by atoms with Gasteiger partial charge in [-0.1, -0.05) is 24.6 Å². The smallest absolute Gasteiger partial charge is 0.120 e. The lowest BCUT2D eigenvalue weighted by Crippen LogP contribution is -2.35. The molecule has 0 radical (unpaired) electrons. The van der Waals surface area contributed by atoms with E-state index in [1.165, 1.54) is 25.9 Å². The zero-order valence-electron chi connectivity index (χ0n) is 12.2. The van der Waals surface area contributed by atoms with E-state index in [9.17, 15) is 0 Å². The van der Waals surface area contributed by atoms with Crippen LogP contribution >= 0.6 is 11.6 Å². The molecular weight excluding hydrogens is 274 g/mol. The van der Waals surface area contributed by atoms with Crippen LogP contribution < -0.4 is 4.74 Å². The molecule has 4 heteroatoms. The number of likely N-dealkylation sites (tertiary alicyclic amines) is 1. The first-order valence-electron chi connectivity index (χ1n) is 7.42. The van der Waals surface area contributed by atoms with Crippen molar-refractivity contribution >= 4 is 11.6 Å². The van der Waals surface area contributed by atoms with Crippen molar-refractivity contribution in [1.82, 2.24) is 4.90 Å². The van der Waals surface area contributed by atoms with Gasteiger partial charge in [0.15, 0.2) is 0 Å². The van der Waals surface area contributed by atoms with E-state index < -0.39 is 0 Å². The Kier molecular flexibility index (Phi) is 6.64. The van der Waals surface area contributed by atoms with Crippen LogP contribution in [0.15, 0.2) is 24.3 Å². The molecule has 3 nitrogen and oxygen atoms in total. The number of benzene rings is 1. The highest BCUT2D eigenvalue weighted by Gasteiger charge is 2.14. The van der Waals surface area contributed by atoms with E-state index >= 15 is 0 Å². The van der Waals surface area contributed by atoms with Gasteiger partial charge in [0.05, 0.1) is 13.2 Å². The molecule has 0 unspecified atom stereocenters. The standard InChI is InChI=1S/C16H24ClNO2/c1-14-5-7-18(8-6-14)9-10-19-11-12-20-16-4-2-3-15(17)13-16/h2-4,13-14H,5-12H2,1H3. The first-order valence-corrected chi connectivity index (χ1v) is 7.80. The maximum Gasteiger partial charge on any atom is 0.120 e. The van der Waals surface area contributed by atoms with Crippen molar-refractivity contribution in [2.45, 2.75) is 19.8 Å². The van der Waals surface area contributed by atoms with Gasteiger partial charge >= 0.3 is 0 Å². The van der Waals surface area contributed by atoms with E-state index in [2.05, 4.69) is 11.8 Å². The topological polar surface area (TPSA) is 21.7 Å². The van der Waals surface area contributed by atoms with Gasteiger partial charge in [-0.25, -0.2) is 0 Å². The van der Waals surface area contributed by atoms with Crippen molar-refractivity contribution in [2.75, 3.05) is 39.5 Å². The molecule has 2 rings (SSSR count). The Labute approximate surface area is 126 Å². The molecule has 0 spiro atoms. The largest absolute Gasteiger partial charge is 0.491 e. The van der Waals surface area contributed by atoms with Crippen LogP contribution in [0.1, 0.15) is 19.8 Å². The highest BCUT2D eigenvalue weighted by Crippen LogP contribution is 2.17. The number of piperidine rings is 1. The Hall–Kier alpha value is -0.770. The summed E-state index contributed by atoms with van der Waals surface area (Å²) in [7, 11) is 0. The van der Waals surface area contributed by atoms with E-state index in [-0.39, 0.29) is 0 Å². The molecule has 0 bridgehead atoms. The third-order valence-corrected chi connectivity index (χ3v) is 3.96. The zero-order chi connectivity index (χ0) is 14.2. The van der Waals surface area contributed by atoms with Crippen molar-refractivity contribution in [3.63, 3.8) is 0 Å². The number of hydrogen-bond acceptors (Lipinski definition) is 3. The first-order chi connectivity index (χ1) is 9.74. The van der Waals surface area contributed by atoms with Gasteiger partial charge in [0.2, 0.25) is 0 Å². The molecule has 1 fully saturated rings. The minimum Gasteiger partial charge on any atom is -0.491 e. The van der Waals surface area contributed by atoms with Crippen LogP contribution in [-0.4, -0.2) is 44.4 Å². The lowest BCUT2D eigenvalue weighted by Gasteiger charge is -2.29. The Balaban J connectivity index is 1.49. The Morgan fingerprint density at radius 1 is 1.20 bits per heavy atom. The molecule has 1 heterocycles. The summed E-state index contributed by atoms with van der Waals surface area (Å²) in [4.78, 5) is 2.48. The Morgan fingerprint density at radius 2 is 2.00 bits per heavy atom. The minimum atomic E-state index is 0.567. The predicted octanol–water partition coefficient (Wildman–Crippen LogP) is 3.47. The van der Waals surface area contributed by atoms with E-state index in [1.54, 1.807) is 0 Å². The third kappa shape index (κ3) is 5.70. The summed E-state index contributed by atoms with van der Waals surface area (Å²) in [5.74, 6) is 1.68. The van der Waals surface area contributed by atoms with Crippen LogP contribution in [0.4, 0.5) is 0 Å². The second-order valence-corrected chi connectivity index (χ2v) is 5.88. The van der Waals surface area contributed by atoms with Gasteiger partial charge in [0.1, 0.15) is 12.4 Å². The quantitative estimate of drug-likeness (QED) is 0.719. The Bertz CT molecular complexity index is 392. The van der Waals surface area contributed by atoms with Crippen LogP contribution in [0, 0.1) is 5.92 Å². The summed E-state index contributed by atoms with van der Waals surface area (Å²) in [5.41, 5.74) is 0. The van der Waals surface area contributed by atoms with E-state index in [1.807, 2.05) is 24.3 Å². The molecule has 0 aliphatic carbocycles. The van der Waals surface area contributed by atoms with Crippen molar-refractivity contribution in [1.29, 1.82) is 0 Å². The molecular formula is C16H24ClNO2. The number of ether oxygens (including phenoxy) is 2. The lowest BCUT2D eigenvalue weighted by molar-refractivity contribution is 0.0709. The van der Waals surface area contributed by atoms with Crippen LogP contribution in [0.5, 0.6) is 5.75 Å². The first kappa shape index (κ1) is 15.6. The molecule has 1 aliphatic heterocycles. The fraction of sp³-hybridized carbons (Fsp3) is 0.625. The van der Waals surface area contributed by atoms with Gasteiger partial charge in [0.25, 0.3) is 0 Å². The van der Waals surface area contributed by atoms with Crippen molar-refractivity contribution in [3.8, 4) is 5.75 Å². The summed E-state index contributed by atoms with van der Waals surface area (Å²) in [6, 6.07) is 7.44. The average Bonchev–Trinajstić information content (AvgIpc) is 2.45. The number of hydrogen-bond donors (Lipinski definition) is 0. The molecule has 0 N–H and O–H groups in total. The highest BCUT2D eigenvalue weighted by atomic mass is 35.5. The van der Waals surface area contributed by atoms with Gasteiger partial charge in [-0.05, 0) is 50.0 Å². The van der Waals surface area contributed by atoms with E-state index in [0.717, 1.165) is 24.8 Å². The summed E-state index contributed by atoms with van der Waals surface area (Å²) in [5, 5.41) is 0.697. The molecule has 0 saturated carbocycles. The maximum atomic E-state index is 5.89. The maximum absolute atomic E-state index is 5.89. The second-order valence-electron chi connectivity index (χ2n) is 5.44. The fourth-order valence-corrected chi connectivity index (χ4v) is 2.54. The molecule has 1 aromatic carbocycles. The molecule has 1 aliphatic rings. The van der Waals surface area contributed by atoms with Gasteiger partial charge < -0.3 is 14.4 Å². The molecule has 0 atom stereocenters. The van der Waals surface area contributed by atoms with Gasteiger partial charge in [-0.2, -0.15) is 0 Å². The molecule has 1 saturated heterocycles.